The predicted molar refractivity (Wildman–Crippen MR) is 129 cm³/mol. The van der Waals surface area contributed by atoms with Crippen LogP contribution in [-0.4, -0.2) is 42.9 Å². The number of hydrogen-bond acceptors (Lipinski definition) is 5. The third-order valence-corrected chi connectivity index (χ3v) is 7.00. The summed E-state index contributed by atoms with van der Waals surface area (Å²) in [6.45, 7) is 2.87. The van der Waals surface area contributed by atoms with Gasteiger partial charge >= 0.3 is 5.56 Å². The van der Waals surface area contributed by atoms with Crippen LogP contribution in [0.5, 0.6) is 0 Å². The minimum atomic E-state index is -1.61. The van der Waals surface area contributed by atoms with Crippen molar-refractivity contribution in [2.75, 3.05) is 18.0 Å². The van der Waals surface area contributed by atoms with Gasteiger partial charge in [-0.25, -0.2) is 4.68 Å². The summed E-state index contributed by atoms with van der Waals surface area (Å²) in [5, 5.41) is 23.7. The standard InChI is InChI=1S/C25H28N5O4/c1-18-23(24(31)29(26(18)2)20-11-5-3-6-12-20)28-22-14-7-4-8-15-27(22)17-25(28,32)19-10-9-13-21(16-19)30(33)34/h3,5-6,9-13,16,32H,4,7-8,14-15,17H2,1-2H3/q+1. The van der Waals surface area contributed by atoms with Gasteiger partial charge in [0.15, 0.2) is 6.54 Å². The summed E-state index contributed by atoms with van der Waals surface area (Å²) in [7, 11) is 1.82. The lowest BCUT2D eigenvalue weighted by Crippen LogP contribution is -2.49. The molecular weight excluding hydrogens is 434 g/mol. The highest BCUT2D eigenvalue weighted by molar-refractivity contribution is 5.97. The van der Waals surface area contributed by atoms with Gasteiger partial charge in [-0.1, -0.05) is 30.3 Å². The van der Waals surface area contributed by atoms with Gasteiger partial charge in [0.1, 0.15) is 0 Å². The number of hydrogen-bond donors (Lipinski definition) is 1. The Bertz CT molecular complexity index is 1360. The molecule has 1 unspecified atom stereocenters. The number of benzene rings is 2. The molecule has 0 aliphatic carbocycles. The van der Waals surface area contributed by atoms with E-state index in [1.54, 1.807) is 26.4 Å². The Morgan fingerprint density at radius 2 is 1.85 bits per heavy atom. The Balaban J connectivity index is 1.74. The van der Waals surface area contributed by atoms with Crippen LogP contribution in [-0.2, 0) is 12.8 Å². The highest BCUT2D eigenvalue weighted by atomic mass is 16.6. The van der Waals surface area contributed by atoms with Crippen LogP contribution in [0.25, 0.3) is 5.69 Å². The first-order valence-corrected chi connectivity index (χ1v) is 11.6. The van der Waals surface area contributed by atoms with Crippen LogP contribution in [0.1, 0.15) is 36.9 Å². The molecule has 1 atom stereocenters. The maximum absolute atomic E-state index is 13.9. The van der Waals surface area contributed by atoms with Gasteiger partial charge in [0, 0.05) is 31.2 Å². The number of anilines is 1. The van der Waals surface area contributed by atoms with Crippen LogP contribution in [0.3, 0.4) is 0 Å². The molecule has 9 heteroatoms. The summed E-state index contributed by atoms with van der Waals surface area (Å²) in [4.78, 5) is 26.7. The number of rotatable bonds is 4. The van der Waals surface area contributed by atoms with Crippen LogP contribution in [0.2, 0.25) is 0 Å². The second-order valence-electron chi connectivity index (χ2n) is 9.02. The summed E-state index contributed by atoms with van der Waals surface area (Å²) in [5.41, 5.74) is 0.272. The van der Waals surface area contributed by atoms with Crippen molar-refractivity contribution in [1.29, 1.82) is 0 Å². The van der Waals surface area contributed by atoms with E-state index in [2.05, 4.69) is 4.58 Å². The molecular formula is C25H28N5O4+. The number of amidine groups is 1. The van der Waals surface area contributed by atoms with Crippen molar-refractivity contribution in [3.05, 3.63) is 86.3 Å². The number of para-hydroxylation sites is 1. The lowest BCUT2D eigenvalue weighted by Gasteiger charge is -2.28. The van der Waals surface area contributed by atoms with Crippen molar-refractivity contribution in [2.24, 2.45) is 7.05 Å². The number of aliphatic hydroxyl groups is 1. The molecule has 0 saturated carbocycles. The third kappa shape index (κ3) is 3.35. The van der Waals surface area contributed by atoms with E-state index in [-0.39, 0.29) is 17.8 Å². The first kappa shape index (κ1) is 22.1. The lowest BCUT2D eigenvalue weighted by molar-refractivity contribution is -0.534. The summed E-state index contributed by atoms with van der Waals surface area (Å²) in [6, 6.07) is 15.5. The third-order valence-electron chi connectivity index (χ3n) is 7.00. The molecule has 0 saturated heterocycles. The lowest BCUT2D eigenvalue weighted by atomic mass is 9.99. The van der Waals surface area contributed by atoms with Crippen LogP contribution in [0.15, 0.2) is 59.4 Å². The Kier molecular flexibility index (Phi) is 5.36. The van der Waals surface area contributed by atoms with Crippen LogP contribution >= 0.6 is 0 Å². The maximum atomic E-state index is 13.9. The Labute approximate surface area is 196 Å². The molecule has 0 bridgehead atoms. The smallest absolute Gasteiger partial charge is 0.318 e. The molecule has 176 valence electrons. The van der Waals surface area contributed by atoms with Gasteiger partial charge in [0.2, 0.25) is 5.69 Å². The minimum Gasteiger partial charge on any atom is -0.346 e. The monoisotopic (exact) mass is 462 g/mol. The first-order valence-electron chi connectivity index (χ1n) is 11.6. The van der Waals surface area contributed by atoms with Crippen molar-refractivity contribution in [3.63, 3.8) is 0 Å². The van der Waals surface area contributed by atoms with E-state index in [9.17, 15) is 20.0 Å². The highest BCUT2D eigenvalue weighted by Gasteiger charge is 2.56. The number of non-ortho nitro benzene ring substituents is 1. The van der Waals surface area contributed by atoms with Crippen molar-refractivity contribution in [3.8, 4) is 5.69 Å². The van der Waals surface area contributed by atoms with E-state index in [1.165, 1.54) is 12.1 Å². The average molecular weight is 463 g/mol. The van der Waals surface area contributed by atoms with E-state index in [1.807, 2.05) is 44.3 Å². The quantitative estimate of drug-likeness (QED) is 0.365. The molecule has 2 aliphatic rings. The molecule has 2 aromatic carbocycles. The molecule has 0 amide bonds. The molecule has 3 aromatic rings. The Morgan fingerprint density at radius 1 is 1.09 bits per heavy atom. The van der Waals surface area contributed by atoms with Crippen LogP contribution < -0.4 is 10.5 Å². The molecule has 2 aliphatic heterocycles. The fourth-order valence-corrected chi connectivity index (χ4v) is 5.24. The second-order valence-corrected chi connectivity index (χ2v) is 9.02. The Hall–Kier alpha value is -3.72. The molecule has 34 heavy (non-hydrogen) atoms. The first-order chi connectivity index (χ1) is 16.3. The minimum absolute atomic E-state index is 0.0931. The van der Waals surface area contributed by atoms with Crippen LogP contribution in [0.4, 0.5) is 11.4 Å². The van der Waals surface area contributed by atoms with Gasteiger partial charge in [-0.15, -0.1) is 0 Å². The van der Waals surface area contributed by atoms with Crippen molar-refractivity contribution in [2.45, 2.75) is 38.3 Å². The molecule has 3 heterocycles. The zero-order valence-corrected chi connectivity index (χ0v) is 19.3. The molecule has 9 nitrogen and oxygen atoms in total. The molecule has 0 spiro atoms. The number of nitro groups is 1. The van der Waals surface area contributed by atoms with E-state index in [0.29, 0.717) is 16.9 Å². The van der Waals surface area contributed by atoms with Gasteiger partial charge in [-0.05, 0) is 38.3 Å². The molecule has 0 fully saturated rings. The van der Waals surface area contributed by atoms with E-state index >= 15 is 0 Å². The van der Waals surface area contributed by atoms with E-state index in [0.717, 1.165) is 43.8 Å². The molecule has 1 N–H and O–H groups in total. The molecule has 0 radical (unpaired) electrons. The van der Waals surface area contributed by atoms with Gasteiger partial charge in [-0.2, -0.15) is 4.90 Å². The number of nitro benzene ring substituents is 1. The van der Waals surface area contributed by atoms with Gasteiger partial charge in [0.25, 0.3) is 17.2 Å². The van der Waals surface area contributed by atoms with Gasteiger partial charge < -0.3 is 5.11 Å². The SMILES string of the molecule is Cc1c(N2C3=[N+](CCCCC3)CC2(O)c2cccc([N+](=O)[O-])c2)c(=O)n(-c2ccccc2)n1C. The van der Waals surface area contributed by atoms with Crippen molar-refractivity contribution in [1.82, 2.24) is 9.36 Å². The summed E-state index contributed by atoms with van der Waals surface area (Å²) < 4.78 is 5.52. The van der Waals surface area contributed by atoms with Crippen LogP contribution in [0, 0.1) is 17.0 Å². The predicted octanol–water partition coefficient (Wildman–Crippen LogP) is 3.04. The number of nitrogens with zero attached hydrogens (tertiary/aromatic N) is 5. The summed E-state index contributed by atoms with van der Waals surface area (Å²) >= 11 is 0. The average Bonchev–Trinajstić information content (AvgIpc) is 3.10. The van der Waals surface area contributed by atoms with Gasteiger partial charge in [0.05, 0.1) is 22.8 Å². The fraction of sp³-hybridized carbons (Fsp3) is 0.360. The second kappa shape index (κ2) is 8.25. The van der Waals surface area contributed by atoms with Crippen molar-refractivity contribution < 1.29 is 14.6 Å². The van der Waals surface area contributed by atoms with Gasteiger partial charge in [-0.3, -0.25) is 24.2 Å². The van der Waals surface area contributed by atoms with Crippen molar-refractivity contribution >= 4 is 17.2 Å². The molecule has 5 rings (SSSR count). The molecule has 1 aromatic heterocycles. The Morgan fingerprint density at radius 3 is 2.59 bits per heavy atom. The normalized spacial score (nSPS) is 20.4. The number of aromatic nitrogens is 2. The van der Waals surface area contributed by atoms with E-state index < -0.39 is 10.6 Å². The summed E-state index contributed by atoms with van der Waals surface area (Å²) in [6.07, 6.45) is 3.73. The zero-order chi connectivity index (χ0) is 24.0. The largest absolute Gasteiger partial charge is 0.346 e. The summed E-state index contributed by atoms with van der Waals surface area (Å²) in [5.74, 6) is 0.887. The zero-order valence-electron chi connectivity index (χ0n) is 19.3. The topological polar surface area (TPSA) is 96.6 Å². The fourth-order valence-electron chi connectivity index (χ4n) is 5.24. The van der Waals surface area contributed by atoms with E-state index in [4.69, 9.17) is 0 Å². The highest BCUT2D eigenvalue weighted by Crippen LogP contribution is 2.39. The maximum Gasteiger partial charge on any atom is 0.318 e.